The SMILES string of the molecule is Cc1ncc(S(=O)(=O)N2CC3CCC(=O)C3C2)[nH]1. The van der Waals surface area contributed by atoms with E-state index in [9.17, 15) is 13.2 Å². The zero-order valence-electron chi connectivity index (χ0n) is 10.1. The molecule has 0 aromatic carbocycles. The van der Waals surface area contributed by atoms with E-state index in [-0.39, 0.29) is 22.6 Å². The van der Waals surface area contributed by atoms with Crippen LogP contribution in [-0.4, -0.2) is 41.6 Å². The lowest BCUT2D eigenvalue weighted by Crippen LogP contribution is -2.30. The van der Waals surface area contributed by atoms with Crippen molar-refractivity contribution in [2.75, 3.05) is 13.1 Å². The number of nitrogens with one attached hydrogen (secondary N) is 1. The van der Waals surface area contributed by atoms with Crippen LogP contribution >= 0.6 is 0 Å². The second-order valence-electron chi connectivity index (χ2n) is 5.03. The number of imidazole rings is 1. The summed E-state index contributed by atoms with van der Waals surface area (Å²) in [4.78, 5) is 18.3. The van der Waals surface area contributed by atoms with Crippen molar-refractivity contribution in [1.82, 2.24) is 14.3 Å². The lowest BCUT2D eigenvalue weighted by Gasteiger charge is -2.15. The molecule has 1 aromatic rings. The minimum atomic E-state index is -3.52. The molecule has 18 heavy (non-hydrogen) atoms. The molecule has 7 heteroatoms. The average molecular weight is 269 g/mol. The summed E-state index contributed by atoms with van der Waals surface area (Å²) < 4.78 is 26.1. The first-order chi connectivity index (χ1) is 8.48. The maximum absolute atomic E-state index is 12.3. The Morgan fingerprint density at radius 2 is 2.22 bits per heavy atom. The van der Waals surface area contributed by atoms with Crippen molar-refractivity contribution >= 4 is 15.8 Å². The Morgan fingerprint density at radius 3 is 2.83 bits per heavy atom. The van der Waals surface area contributed by atoms with Gasteiger partial charge in [0.15, 0.2) is 5.03 Å². The molecular weight excluding hydrogens is 254 g/mol. The number of carbonyl (C=O) groups is 1. The lowest BCUT2D eigenvalue weighted by molar-refractivity contribution is -0.120. The van der Waals surface area contributed by atoms with Crippen molar-refractivity contribution in [3.63, 3.8) is 0 Å². The molecule has 2 heterocycles. The number of carbonyl (C=O) groups excluding carboxylic acids is 1. The van der Waals surface area contributed by atoms with Gasteiger partial charge in [0, 0.05) is 25.4 Å². The van der Waals surface area contributed by atoms with Crippen LogP contribution in [0.1, 0.15) is 18.7 Å². The highest BCUT2D eigenvalue weighted by molar-refractivity contribution is 7.89. The van der Waals surface area contributed by atoms with Crippen LogP contribution in [0.15, 0.2) is 11.2 Å². The molecule has 0 bridgehead atoms. The Balaban J connectivity index is 1.86. The van der Waals surface area contributed by atoms with Crippen LogP contribution in [0.4, 0.5) is 0 Å². The van der Waals surface area contributed by atoms with Crippen LogP contribution in [0, 0.1) is 18.8 Å². The molecule has 2 atom stereocenters. The molecule has 1 saturated heterocycles. The number of rotatable bonds is 2. The third-order valence-electron chi connectivity index (χ3n) is 3.88. The number of ketones is 1. The second-order valence-corrected chi connectivity index (χ2v) is 6.93. The van der Waals surface area contributed by atoms with Crippen molar-refractivity contribution in [1.29, 1.82) is 0 Å². The molecule has 1 aromatic heterocycles. The number of hydrogen-bond acceptors (Lipinski definition) is 4. The van der Waals surface area contributed by atoms with Gasteiger partial charge >= 0.3 is 0 Å². The molecule has 0 spiro atoms. The maximum Gasteiger partial charge on any atom is 0.260 e. The highest BCUT2D eigenvalue weighted by Gasteiger charge is 2.46. The molecule has 1 saturated carbocycles. The van der Waals surface area contributed by atoms with E-state index in [1.54, 1.807) is 6.92 Å². The number of fused-ring (bicyclic) bond motifs is 1. The topological polar surface area (TPSA) is 83.1 Å². The van der Waals surface area contributed by atoms with Gasteiger partial charge in [0.1, 0.15) is 11.6 Å². The first-order valence-corrected chi connectivity index (χ1v) is 7.47. The number of Topliss-reactive ketones (excluding diaryl/α,β-unsaturated/α-hetero) is 1. The van der Waals surface area contributed by atoms with E-state index in [1.165, 1.54) is 10.5 Å². The van der Waals surface area contributed by atoms with E-state index >= 15 is 0 Å². The molecular formula is C11H15N3O3S. The summed E-state index contributed by atoms with van der Waals surface area (Å²) in [6.07, 6.45) is 2.75. The van der Waals surface area contributed by atoms with Crippen LogP contribution in [-0.2, 0) is 14.8 Å². The first-order valence-electron chi connectivity index (χ1n) is 6.03. The Kier molecular flexibility index (Phi) is 2.56. The summed E-state index contributed by atoms with van der Waals surface area (Å²) in [5.41, 5.74) is 0. The summed E-state index contributed by atoms with van der Waals surface area (Å²) in [5.74, 6) is 0.891. The van der Waals surface area contributed by atoms with E-state index in [1.807, 2.05) is 0 Å². The molecule has 0 radical (unpaired) electrons. The molecule has 1 aliphatic heterocycles. The number of aryl methyl sites for hydroxylation is 1. The molecule has 6 nitrogen and oxygen atoms in total. The van der Waals surface area contributed by atoms with Gasteiger partial charge in [0.2, 0.25) is 0 Å². The number of hydrogen-bond donors (Lipinski definition) is 1. The third kappa shape index (κ3) is 1.69. The second kappa shape index (κ2) is 3.89. The van der Waals surface area contributed by atoms with Crippen molar-refractivity contribution in [2.24, 2.45) is 11.8 Å². The van der Waals surface area contributed by atoms with E-state index in [0.29, 0.717) is 25.3 Å². The van der Waals surface area contributed by atoms with Crippen molar-refractivity contribution in [3.05, 3.63) is 12.0 Å². The summed E-state index contributed by atoms with van der Waals surface area (Å²) in [6.45, 7) is 2.49. The molecule has 0 amide bonds. The minimum absolute atomic E-state index is 0.0937. The molecule has 2 aliphatic rings. The van der Waals surface area contributed by atoms with E-state index < -0.39 is 10.0 Å². The van der Waals surface area contributed by atoms with Crippen molar-refractivity contribution in [2.45, 2.75) is 24.8 Å². The molecule has 2 unspecified atom stereocenters. The van der Waals surface area contributed by atoms with Gasteiger partial charge in [-0.25, -0.2) is 13.4 Å². The molecule has 3 rings (SSSR count). The largest absolute Gasteiger partial charge is 0.332 e. The fraction of sp³-hybridized carbons (Fsp3) is 0.636. The zero-order valence-corrected chi connectivity index (χ0v) is 10.9. The van der Waals surface area contributed by atoms with E-state index in [4.69, 9.17) is 0 Å². The van der Waals surface area contributed by atoms with Crippen LogP contribution in [0.25, 0.3) is 0 Å². The Bertz CT molecular complexity index is 592. The number of aromatic amines is 1. The fourth-order valence-electron chi connectivity index (χ4n) is 2.87. The quantitative estimate of drug-likeness (QED) is 0.838. The monoisotopic (exact) mass is 269 g/mol. The number of H-pyrrole nitrogens is 1. The Morgan fingerprint density at radius 1 is 1.44 bits per heavy atom. The van der Waals surface area contributed by atoms with Gasteiger partial charge in [-0.05, 0) is 19.3 Å². The summed E-state index contributed by atoms with van der Waals surface area (Å²) in [7, 11) is -3.52. The first kappa shape index (κ1) is 11.9. The minimum Gasteiger partial charge on any atom is -0.332 e. The molecule has 1 N–H and O–H groups in total. The standard InChI is InChI=1S/C11H15N3O3S/c1-7-12-4-11(13-7)18(16,17)14-5-8-2-3-10(15)9(8)6-14/h4,8-9H,2-3,5-6H2,1H3,(H,12,13). The van der Waals surface area contributed by atoms with E-state index in [2.05, 4.69) is 9.97 Å². The van der Waals surface area contributed by atoms with Gasteiger partial charge in [-0.1, -0.05) is 0 Å². The normalized spacial score (nSPS) is 28.8. The van der Waals surface area contributed by atoms with E-state index in [0.717, 1.165) is 6.42 Å². The summed E-state index contributed by atoms with van der Waals surface area (Å²) in [5, 5.41) is 0.118. The van der Waals surface area contributed by atoms with Gasteiger partial charge < -0.3 is 4.98 Å². The van der Waals surface area contributed by atoms with Crippen LogP contribution in [0.5, 0.6) is 0 Å². The zero-order chi connectivity index (χ0) is 12.9. The summed E-state index contributed by atoms with van der Waals surface area (Å²) in [6, 6.07) is 0. The Labute approximate surface area is 105 Å². The lowest BCUT2D eigenvalue weighted by atomic mass is 10.0. The van der Waals surface area contributed by atoms with Gasteiger partial charge in [0.05, 0.1) is 6.20 Å². The molecule has 98 valence electrons. The van der Waals surface area contributed by atoms with Gasteiger partial charge in [-0.2, -0.15) is 4.31 Å². The van der Waals surface area contributed by atoms with Gasteiger partial charge in [-0.15, -0.1) is 0 Å². The van der Waals surface area contributed by atoms with Crippen molar-refractivity contribution < 1.29 is 13.2 Å². The highest BCUT2D eigenvalue weighted by Crippen LogP contribution is 2.37. The number of aromatic nitrogens is 2. The smallest absolute Gasteiger partial charge is 0.260 e. The number of sulfonamides is 1. The number of nitrogens with zero attached hydrogens (tertiary/aromatic N) is 2. The predicted octanol–water partition coefficient (Wildman–Crippen LogP) is 0.318. The van der Waals surface area contributed by atoms with Gasteiger partial charge in [0.25, 0.3) is 10.0 Å². The summed E-state index contributed by atoms with van der Waals surface area (Å²) >= 11 is 0. The Hall–Kier alpha value is -1.21. The molecule has 1 aliphatic carbocycles. The van der Waals surface area contributed by atoms with Crippen LogP contribution in [0.3, 0.4) is 0 Å². The average Bonchev–Trinajstić information content (AvgIpc) is 2.96. The fourth-order valence-corrected chi connectivity index (χ4v) is 4.35. The molecule has 2 fully saturated rings. The predicted molar refractivity (Wildman–Crippen MR) is 63.3 cm³/mol. The third-order valence-corrected chi connectivity index (χ3v) is 5.62. The van der Waals surface area contributed by atoms with Crippen LogP contribution in [0.2, 0.25) is 0 Å². The van der Waals surface area contributed by atoms with Gasteiger partial charge in [-0.3, -0.25) is 4.79 Å². The maximum atomic E-state index is 12.3. The van der Waals surface area contributed by atoms with Crippen molar-refractivity contribution in [3.8, 4) is 0 Å². The highest BCUT2D eigenvalue weighted by atomic mass is 32.2. The van der Waals surface area contributed by atoms with Crippen LogP contribution < -0.4 is 0 Å².